The number of nitriles is 1. The minimum absolute atomic E-state index is 0.0798. The first-order valence-electron chi connectivity index (χ1n) is 6.67. The highest BCUT2D eigenvalue weighted by Crippen LogP contribution is 2.09. The molecule has 2 rings (SSSR count). The molecule has 0 radical (unpaired) electrons. The van der Waals surface area contributed by atoms with Gasteiger partial charge >= 0.3 is 0 Å². The molecule has 1 aromatic heterocycles. The molecule has 0 bridgehead atoms. The van der Waals surface area contributed by atoms with Gasteiger partial charge in [-0.15, -0.1) is 0 Å². The van der Waals surface area contributed by atoms with Crippen LogP contribution in [0.4, 0.5) is 5.69 Å². The van der Waals surface area contributed by atoms with Gasteiger partial charge in [0.15, 0.2) is 0 Å². The lowest BCUT2D eigenvalue weighted by Gasteiger charge is -2.06. The lowest BCUT2D eigenvalue weighted by Crippen LogP contribution is -2.21. The van der Waals surface area contributed by atoms with Crippen LogP contribution in [0.1, 0.15) is 17.5 Å². The molecule has 21 heavy (non-hydrogen) atoms. The Morgan fingerprint density at radius 1 is 1.29 bits per heavy atom. The van der Waals surface area contributed by atoms with Crippen molar-refractivity contribution in [2.45, 2.75) is 13.0 Å². The molecule has 5 nitrogen and oxygen atoms in total. The van der Waals surface area contributed by atoms with E-state index in [0.717, 1.165) is 5.56 Å². The van der Waals surface area contributed by atoms with Gasteiger partial charge in [-0.2, -0.15) is 5.26 Å². The molecule has 0 saturated heterocycles. The number of pyridine rings is 1. The third-order valence-corrected chi connectivity index (χ3v) is 2.86. The molecule has 0 spiro atoms. The van der Waals surface area contributed by atoms with Crippen LogP contribution >= 0.6 is 0 Å². The predicted octanol–water partition coefficient (Wildman–Crippen LogP) is 2.07. The Kier molecular flexibility index (Phi) is 5.44. The molecule has 0 atom stereocenters. The fourth-order valence-corrected chi connectivity index (χ4v) is 1.83. The number of hydrogen-bond acceptors (Lipinski definition) is 4. The molecule has 0 saturated carbocycles. The molecule has 1 aromatic carbocycles. The summed E-state index contributed by atoms with van der Waals surface area (Å²) in [6.45, 7) is 1.27. The first kappa shape index (κ1) is 14.7. The number of nitrogens with one attached hydrogen (secondary N) is 2. The normalized spacial score (nSPS) is 9.86. The summed E-state index contributed by atoms with van der Waals surface area (Å²) in [7, 11) is 0. The maximum Gasteiger partial charge on any atom is 0.225 e. The lowest BCUT2D eigenvalue weighted by atomic mass is 10.2. The van der Waals surface area contributed by atoms with E-state index in [9.17, 15) is 4.79 Å². The van der Waals surface area contributed by atoms with Crippen molar-refractivity contribution in [3.05, 3.63) is 59.9 Å². The zero-order valence-electron chi connectivity index (χ0n) is 11.5. The van der Waals surface area contributed by atoms with Gasteiger partial charge in [-0.1, -0.05) is 12.1 Å². The van der Waals surface area contributed by atoms with E-state index >= 15 is 0 Å². The topological polar surface area (TPSA) is 77.8 Å². The van der Waals surface area contributed by atoms with Crippen LogP contribution in [-0.4, -0.2) is 17.4 Å². The zero-order valence-corrected chi connectivity index (χ0v) is 11.5. The number of hydrogen-bond donors (Lipinski definition) is 2. The van der Waals surface area contributed by atoms with E-state index in [1.54, 1.807) is 36.7 Å². The molecular weight excluding hydrogens is 264 g/mol. The standard InChI is InChI=1S/C16H16N4O/c17-10-13-3-1-5-15(9-13)20-16(21)6-8-19-12-14-4-2-7-18-11-14/h1-5,7,9,11,19H,6,8,12H2,(H,20,21). The zero-order chi connectivity index (χ0) is 14.9. The molecule has 5 heteroatoms. The van der Waals surface area contributed by atoms with Crippen LogP contribution in [-0.2, 0) is 11.3 Å². The van der Waals surface area contributed by atoms with Crippen molar-refractivity contribution < 1.29 is 4.79 Å². The second-order valence-electron chi connectivity index (χ2n) is 4.53. The molecule has 0 unspecified atom stereocenters. The van der Waals surface area contributed by atoms with Crippen LogP contribution in [0.25, 0.3) is 0 Å². The van der Waals surface area contributed by atoms with Crippen molar-refractivity contribution >= 4 is 11.6 Å². The van der Waals surface area contributed by atoms with Gasteiger partial charge in [0, 0.05) is 37.6 Å². The average Bonchev–Trinajstić information content (AvgIpc) is 2.53. The number of carbonyl (C=O) groups is 1. The second kappa shape index (κ2) is 7.78. The van der Waals surface area contributed by atoms with Crippen LogP contribution in [0.5, 0.6) is 0 Å². The van der Waals surface area contributed by atoms with Gasteiger partial charge in [0.05, 0.1) is 11.6 Å². The van der Waals surface area contributed by atoms with Gasteiger partial charge in [0.1, 0.15) is 0 Å². The third-order valence-electron chi connectivity index (χ3n) is 2.86. The van der Waals surface area contributed by atoms with Gasteiger partial charge in [-0.25, -0.2) is 0 Å². The Morgan fingerprint density at radius 3 is 2.95 bits per heavy atom. The largest absolute Gasteiger partial charge is 0.326 e. The van der Waals surface area contributed by atoms with Crippen LogP contribution < -0.4 is 10.6 Å². The van der Waals surface area contributed by atoms with Crippen LogP contribution in [0.2, 0.25) is 0 Å². The molecular formula is C16H16N4O. The number of amides is 1. The van der Waals surface area contributed by atoms with Crippen molar-refractivity contribution in [3.8, 4) is 6.07 Å². The third kappa shape index (κ3) is 5.05. The number of carbonyl (C=O) groups excluding carboxylic acids is 1. The smallest absolute Gasteiger partial charge is 0.225 e. The monoisotopic (exact) mass is 280 g/mol. The van der Waals surface area contributed by atoms with Crippen molar-refractivity contribution in [3.63, 3.8) is 0 Å². The van der Waals surface area contributed by atoms with Crippen LogP contribution in [0.3, 0.4) is 0 Å². The predicted molar refractivity (Wildman–Crippen MR) is 80.3 cm³/mol. The van der Waals surface area contributed by atoms with E-state index < -0.39 is 0 Å². The van der Waals surface area contributed by atoms with Crippen molar-refractivity contribution in [1.29, 1.82) is 5.26 Å². The van der Waals surface area contributed by atoms with E-state index in [-0.39, 0.29) is 5.91 Å². The first-order chi connectivity index (χ1) is 10.3. The van der Waals surface area contributed by atoms with E-state index in [1.165, 1.54) is 0 Å². The number of aromatic nitrogens is 1. The first-order valence-corrected chi connectivity index (χ1v) is 6.67. The Bertz CT molecular complexity index is 634. The number of anilines is 1. The van der Waals surface area contributed by atoms with Crippen LogP contribution in [0.15, 0.2) is 48.8 Å². The number of benzene rings is 1. The molecule has 1 heterocycles. The summed E-state index contributed by atoms with van der Waals surface area (Å²) in [6, 6.07) is 12.8. The SMILES string of the molecule is N#Cc1cccc(NC(=O)CCNCc2cccnc2)c1. The molecule has 0 aliphatic carbocycles. The molecule has 0 fully saturated rings. The quantitative estimate of drug-likeness (QED) is 0.794. The fourth-order valence-electron chi connectivity index (χ4n) is 1.83. The summed E-state index contributed by atoms with van der Waals surface area (Å²) < 4.78 is 0. The summed E-state index contributed by atoms with van der Waals surface area (Å²) in [5, 5.41) is 14.8. The minimum atomic E-state index is -0.0798. The van der Waals surface area contributed by atoms with E-state index in [2.05, 4.69) is 15.6 Å². The summed E-state index contributed by atoms with van der Waals surface area (Å²) >= 11 is 0. The van der Waals surface area contributed by atoms with Crippen molar-refractivity contribution in [1.82, 2.24) is 10.3 Å². The molecule has 0 aliphatic heterocycles. The summed E-state index contributed by atoms with van der Waals surface area (Å²) in [5.41, 5.74) is 2.26. The van der Waals surface area contributed by atoms with Crippen molar-refractivity contribution in [2.75, 3.05) is 11.9 Å². The maximum atomic E-state index is 11.8. The number of rotatable bonds is 6. The van der Waals surface area contributed by atoms with Gasteiger partial charge in [-0.05, 0) is 29.8 Å². The Balaban J connectivity index is 1.71. The molecule has 106 valence electrons. The van der Waals surface area contributed by atoms with E-state index in [0.29, 0.717) is 30.8 Å². The lowest BCUT2D eigenvalue weighted by molar-refractivity contribution is -0.116. The summed E-state index contributed by atoms with van der Waals surface area (Å²) in [4.78, 5) is 15.8. The Morgan fingerprint density at radius 2 is 2.19 bits per heavy atom. The average molecular weight is 280 g/mol. The highest BCUT2D eigenvalue weighted by molar-refractivity contribution is 5.90. The maximum absolute atomic E-state index is 11.8. The van der Waals surface area contributed by atoms with Crippen molar-refractivity contribution in [2.24, 2.45) is 0 Å². The minimum Gasteiger partial charge on any atom is -0.326 e. The van der Waals surface area contributed by atoms with Gasteiger partial charge in [-0.3, -0.25) is 9.78 Å². The highest BCUT2D eigenvalue weighted by Gasteiger charge is 2.02. The van der Waals surface area contributed by atoms with E-state index in [4.69, 9.17) is 5.26 Å². The number of nitrogens with zero attached hydrogens (tertiary/aromatic N) is 2. The highest BCUT2D eigenvalue weighted by atomic mass is 16.1. The molecule has 2 N–H and O–H groups in total. The summed E-state index contributed by atoms with van der Waals surface area (Å²) in [6.07, 6.45) is 3.89. The molecule has 2 aromatic rings. The van der Waals surface area contributed by atoms with E-state index in [1.807, 2.05) is 18.2 Å². The second-order valence-corrected chi connectivity index (χ2v) is 4.53. The molecule has 1 amide bonds. The van der Waals surface area contributed by atoms with Gasteiger partial charge < -0.3 is 10.6 Å². The Hall–Kier alpha value is -2.71. The fraction of sp³-hybridized carbons (Fsp3) is 0.188. The summed E-state index contributed by atoms with van der Waals surface area (Å²) in [5.74, 6) is -0.0798. The molecule has 0 aliphatic rings. The van der Waals surface area contributed by atoms with Crippen LogP contribution in [0, 0.1) is 11.3 Å². The Labute approximate surface area is 123 Å². The van der Waals surface area contributed by atoms with Gasteiger partial charge in [0.25, 0.3) is 0 Å². The van der Waals surface area contributed by atoms with Gasteiger partial charge in [0.2, 0.25) is 5.91 Å².